The van der Waals surface area contributed by atoms with E-state index >= 15 is 0 Å². The standard InChI is InChI=1S/C17H16ClFN2O3/c1-2-21(9-11-3-6-15-16(7-11)24-10-23-15)17(22)20-12-4-5-14(19)13(18)8-12/h3-8H,2,9-10H2,1H3,(H,20,22). The smallest absolute Gasteiger partial charge is 0.322 e. The summed E-state index contributed by atoms with van der Waals surface area (Å²) < 4.78 is 23.8. The highest BCUT2D eigenvalue weighted by molar-refractivity contribution is 6.31. The summed E-state index contributed by atoms with van der Waals surface area (Å²) in [6.07, 6.45) is 0. The van der Waals surface area contributed by atoms with Gasteiger partial charge in [0.05, 0.1) is 5.02 Å². The number of urea groups is 1. The van der Waals surface area contributed by atoms with Crippen molar-refractivity contribution >= 4 is 23.3 Å². The molecule has 0 atom stereocenters. The third-order valence-corrected chi connectivity index (χ3v) is 3.94. The van der Waals surface area contributed by atoms with E-state index in [0.717, 1.165) is 5.56 Å². The third kappa shape index (κ3) is 3.54. The second kappa shape index (κ2) is 6.97. The number of hydrogen-bond acceptors (Lipinski definition) is 3. The Morgan fingerprint density at radius 3 is 2.79 bits per heavy atom. The fourth-order valence-corrected chi connectivity index (χ4v) is 2.54. The summed E-state index contributed by atoms with van der Waals surface area (Å²) in [7, 11) is 0. The summed E-state index contributed by atoms with van der Waals surface area (Å²) in [6.45, 7) is 3.01. The van der Waals surface area contributed by atoms with Crippen LogP contribution in [0.1, 0.15) is 12.5 Å². The molecule has 3 rings (SSSR count). The molecular weight excluding hydrogens is 335 g/mol. The molecule has 5 nitrogen and oxygen atoms in total. The first-order valence-electron chi connectivity index (χ1n) is 7.46. The number of nitrogens with one attached hydrogen (secondary N) is 1. The second-order valence-electron chi connectivity index (χ2n) is 5.26. The normalized spacial score (nSPS) is 12.1. The Morgan fingerprint density at radius 2 is 2.04 bits per heavy atom. The summed E-state index contributed by atoms with van der Waals surface area (Å²) in [4.78, 5) is 14.0. The zero-order valence-electron chi connectivity index (χ0n) is 13.0. The van der Waals surface area contributed by atoms with Crippen LogP contribution < -0.4 is 14.8 Å². The van der Waals surface area contributed by atoms with Crippen molar-refractivity contribution in [3.63, 3.8) is 0 Å². The van der Waals surface area contributed by atoms with E-state index in [9.17, 15) is 9.18 Å². The van der Waals surface area contributed by atoms with Crippen LogP contribution in [-0.2, 0) is 6.54 Å². The molecule has 126 valence electrons. The number of benzene rings is 2. The molecule has 1 aliphatic rings. The van der Waals surface area contributed by atoms with E-state index in [1.807, 2.05) is 25.1 Å². The van der Waals surface area contributed by atoms with Gasteiger partial charge in [-0.05, 0) is 42.8 Å². The van der Waals surface area contributed by atoms with Crippen molar-refractivity contribution in [2.24, 2.45) is 0 Å². The van der Waals surface area contributed by atoms with Gasteiger partial charge in [-0.25, -0.2) is 9.18 Å². The average molecular weight is 351 g/mol. The van der Waals surface area contributed by atoms with Crippen LogP contribution in [0.5, 0.6) is 11.5 Å². The number of rotatable bonds is 4. The van der Waals surface area contributed by atoms with E-state index in [2.05, 4.69) is 5.32 Å². The lowest BCUT2D eigenvalue weighted by atomic mass is 10.2. The quantitative estimate of drug-likeness (QED) is 0.896. The highest BCUT2D eigenvalue weighted by atomic mass is 35.5. The molecule has 0 unspecified atom stereocenters. The fourth-order valence-electron chi connectivity index (χ4n) is 2.36. The van der Waals surface area contributed by atoms with Crippen molar-refractivity contribution in [1.82, 2.24) is 4.90 Å². The third-order valence-electron chi connectivity index (χ3n) is 3.65. The van der Waals surface area contributed by atoms with Gasteiger partial charge in [-0.15, -0.1) is 0 Å². The van der Waals surface area contributed by atoms with Crippen molar-refractivity contribution in [1.29, 1.82) is 0 Å². The molecule has 0 aliphatic carbocycles. The molecule has 0 aromatic heterocycles. The molecule has 0 bridgehead atoms. The number of carbonyl (C=O) groups is 1. The number of ether oxygens (including phenoxy) is 2. The Hall–Kier alpha value is -2.47. The van der Waals surface area contributed by atoms with E-state index in [0.29, 0.717) is 30.3 Å². The van der Waals surface area contributed by atoms with Crippen molar-refractivity contribution in [3.05, 3.63) is 52.8 Å². The molecule has 0 spiro atoms. The topological polar surface area (TPSA) is 50.8 Å². The molecule has 2 aromatic rings. The van der Waals surface area contributed by atoms with Crippen LogP contribution >= 0.6 is 11.6 Å². The van der Waals surface area contributed by atoms with Crippen LogP contribution in [0, 0.1) is 5.82 Å². The Kier molecular flexibility index (Phi) is 4.76. The highest BCUT2D eigenvalue weighted by Gasteiger charge is 2.17. The number of amides is 2. The van der Waals surface area contributed by atoms with Gasteiger partial charge >= 0.3 is 6.03 Å². The van der Waals surface area contributed by atoms with Crippen molar-refractivity contribution in [2.45, 2.75) is 13.5 Å². The minimum absolute atomic E-state index is 0.0355. The molecule has 7 heteroatoms. The minimum Gasteiger partial charge on any atom is -0.454 e. The Balaban J connectivity index is 1.68. The Morgan fingerprint density at radius 1 is 1.25 bits per heavy atom. The molecule has 24 heavy (non-hydrogen) atoms. The van der Waals surface area contributed by atoms with Gasteiger partial charge in [0.1, 0.15) is 5.82 Å². The number of hydrogen-bond donors (Lipinski definition) is 1. The van der Waals surface area contributed by atoms with Crippen LogP contribution in [-0.4, -0.2) is 24.3 Å². The second-order valence-corrected chi connectivity index (χ2v) is 5.67. The lowest BCUT2D eigenvalue weighted by Gasteiger charge is -2.21. The van der Waals surface area contributed by atoms with Crippen LogP contribution in [0.25, 0.3) is 0 Å². The number of nitrogens with zero attached hydrogens (tertiary/aromatic N) is 1. The maximum absolute atomic E-state index is 13.2. The van der Waals surface area contributed by atoms with Crippen molar-refractivity contribution in [3.8, 4) is 11.5 Å². The molecule has 2 amide bonds. The molecule has 0 radical (unpaired) electrons. The van der Waals surface area contributed by atoms with Gasteiger partial charge in [-0.2, -0.15) is 0 Å². The predicted molar refractivity (Wildman–Crippen MR) is 89.1 cm³/mol. The molecule has 1 aliphatic heterocycles. The van der Waals surface area contributed by atoms with Crippen molar-refractivity contribution in [2.75, 3.05) is 18.7 Å². The maximum atomic E-state index is 13.2. The fraction of sp³-hybridized carbons (Fsp3) is 0.235. The molecule has 1 N–H and O–H groups in total. The van der Waals surface area contributed by atoms with E-state index in [1.165, 1.54) is 18.2 Å². The van der Waals surface area contributed by atoms with Crippen molar-refractivity contribution < 1.29 is 18.7 Å². The first-order valence-corrected chi connectivity index (χ1v) is 7.84. The Bertz CT molecular complexity index is 769. The molecule has 0 fully saturated rings. The summed E-state index contributed by atoms with van der Waals surface area (Å²) in [5.41, 5.74) is 1.36. The molecular formula is C17H16ClFN2O3. The molecule has 0 saturated carbocycles. The monoisotopic (exact) mass is 350 g/mol. The average Bonchev–Trinajstić information content (AvgIpc) is 3.03. The minimum atomic E-state index is -0.526. The lowest BCUT2D eigenvalue weighted by molar-refractivity contribution is 0.174. The largest absolute Gasteiger partial charge is 0.454 e. The van der Waals surface area contributed by atoms with E-state index in [-0.39, 0.29) is 17.8 Å². The Labute approximate surface area is 143 Å². The zero-order valence-corrected chi connectivity index (χ0v) is 13.8. The number of anilines is 1. The molecule has 2 aromatic carbocycles. The van der Waals surface area contributed by atoms with Crippen LogP contribution in [0.4, 0.5) is 14.9 Å². The van der Waals surface area contributed by atoms with E-state index in [4.69, 9.17) is 21.1 Å². The van der Waals surface area contributed by atoms with Gasteiger partial charge < -0.3 is 19.7 Å². The number of fused-ring (bicyclic) bond motifs is 1. The van der Waals surface area contributed by atoms with E-state index < -0.39 is 5.82 Å². The van der Waals surface area contributed by atoms with Crippen LogP contribution in [0.2, 0.25) is 5.02 Å². The molecule has 1 heterocycles. The predicted octanol–water partition coefficient (Wildman–Crippen LogP) is 4.26. The lowest BCUT2D eigenvalue weighted by Crippen LogP contribution is -2.34. The highest BCUT2D eigenvalue weighted by Crippen LogP contribution is 2.32. The summed E-state index contributed by atoms with van der Waals surface area (Å²) >= 11 is 5.73. The van der Waals surface area contributed by atoms with Gasteiger partial charge in [0.25, 0.3) is 0 Å². The summed E-state index contributed by atoms with van der Waals surface area (Å²) in [5.74, 6) is 0.851. The first-order chi connectivity index (χ1) is 11.6. The van der Waals surface area contributed by atoms with Gasteiger partial charge in [-0.1, -0.05) is 17.7 Å². The SMILES string of the molecule is CCN(Cc1ccc2c(c1)OCO2)C(=O)Nc1ccc(F)c(Cl)c1. The van der Waals surface area contributed by atoms with Crippen LogP contribution in [0.15, 0.2) is 36.4 Å². The zero-order chi connectivity index (χ0) is 17.1. The van der Waals surface area contributed by atoms with Gasteiger partial charge in [0, 0.05) is 18.8 Å². The van der Waals surface area contributed by atoms with E-state index in [1.54, 1.807) is 4.90 Å². The number of halogens is 2. The summed E-state index contributed by atoms with van der Waals surface area (Å²) in [5, 5.41) is 2.68. The van der Waals surface area contributed by atoms with Crippen LogP contribution in [0.3, 0.4) is 0 Å². The van der Waals surface area contributed by atoms with Gasteiger partial charge in [0.15, 0.2) is 11.5 Å². The van der Waals surface area contributed by atoms with Gasteiger partial charge in [0.2, 0.25) is 6.79 Å². The summed E-state index contributed by atoms with van der Waals surface area (Å²) in [6, 6.07) is 9.33. The first kappa shape index (κ1) is 16.4. The van der Waals surface area contributed by atoms with Gasteiger partial charge in [-0.3, -0.25) is 0 Å². The maximum Gasteiger partial charge on any atom is 0.322 e. The molecule has 0 saturated heterocycles. The number of carbonyl (C=O) groups excluding carboxylic acids is 1.